The highest BCUT2D eigenvalue weighted by Gasteiger charge is 2.21. The largest absolute Gasteiger partial charge is 0.371 e. The molecule has 86 valence electrons. The number of rotatable bonds is 3. The monoisotopic (exact) mass is 240 g/mol. The standard InChI is InChI=1S/C12H14ClFN2/c1-12(2,7-15)8-16(3)11-6-9(13)4-5-10(11)14/h4-6H,8H2,1-3H3. The van der Waals surface area contributed by atoms with E-state index in [1.165, 1.54) is 12.1 Å². The summed E-state index contributed by atoms with van der Waals surface area (Å²) >= 11 is 5.81. The molecule has 0 amide bonds. The molecule has 0 saturated heterocycles. The average molecular weight is 241 g/mol. The van der Waals surface area contributed by atoms with Crippen molar-refractivity contribution in [2.75, 3.05) is 18.5 Å². The summed E-state index contributed by atoms with van der Waals surface area (Å²) in [6.45, 7) is 4.07. The van der Waals surface area contributed by atoms with Crippen LogP contribution in [0.2, 0.25) is 5.02 Å². The molecule has 0 N–H and O–H groups in total. The average Bonchev–Trinajstić information content (AvgIpc) is 2.21. The van der Waals surface area contributed by atoms with Gasteiger partial charge in [0, 0.05) is 18.6 Å². The molecular weight excluding hydrogens is 227 g/mol. The molecule has 0 radical (unpaired) electrons. The Morgan fingerprint density at radius 2 is 2.12 bits per heavy atom. The van der Waals surface area contributed by atoms with Crippen LogP contribution in [0.1, 0.15) is 13.8 Å². The van der Waals surface area contributed by atoms with Crippen LogP contribution in [0.5, 0.6) is 0 Å². The number of hydrogen-bond donors (Lipinski definition) is 0. The van der Waals surface area contributed by atoms with E-state index in [1.54, 1.807) is 18.0 Å². The maximum atomic E-state index is 13.5. The Morgan fingerprint density at radius 3 is 2.69 bits per heavy atom. The Kier molecular flexibility index (Phi) is 3.77. The molecular formula is C12H14ClFN2. The molecule has 0 heterocycles. The van der Waals surface area contributed by atoms with Gasteiger partial charge < -0.3 is 4.90 Å². The van der Waals surface area contributed by atoms with Gasteiger partial charge in [-0.3, -0.25) is 0 Å². The maximum absolute atomic E-state index is 13.5. The van der Waals surface area contributed by atoms with Gasteiger partial charge in [0.1, 0.15) is 5.82 Å². The van der Waals surface area contributed by atoms with Crippen molar-refractivity contribution >= 4 is 17.3 Å². The van der Waals surface area contributed by atoms with E-state index in [9.17, 15) is 4.39 Å². The second-order valence-corrected chi connectivity index (χ2v) is 4.88. The van der Waals surface area contributed by atoms with E-state index in [0.29, 0.717) is 17.3 Å². The van der Waals surface area contributed by atoms with Crippen LogP contribution < -0.4 is 4.90 Å². The highest BCUT2D eigenvalue weighted by Crippen LogP contribution is 2.25. The first-order chi connectivity index (χ1) is 7.35. The third-order valence-corrected chi connectivity index (χ3v) is 2.49. The van der Waals surface area contributed by atoms with Gasteiger partial charge in [-0.05, 0) is 32.0 Å². The van der Waals surface area contributed by atoms with Crippen molar-refractivity contribution in [3.05, 3.63) is 29.0 Å². The van der Waals surface area contributed by atoms with Gasteiger partial charge in [-0.1, -0.05) is 11.6 Å². The minimum Gasteiger partial charge on any atom is -0.371 e. The van der Waals surface area contributed by atoms with E-state index < -0.39 is 5.41 Å². The summed E-state index contributed by atoms with van der Waals surface area (Å²) in [5, 5.41) is 9.40. The number of halogens is 2. The normalized spacial score (nSPS) is 11.0. The Balaban J connectivity index is 2.93. The van der Waals surface area contributed by atoms with Crippen molar-refractivity contribution in [3.8, 4) is 6.07 Å². The highest BCUT2D eigenvalue weighted by molar-refractivity contribution is 6.30. The first-order valence-electron chi connectivity index (χ1n) is 4.93. The van der Waals surface area contributed by atoms with Gasteiger partial charge in [-0.2, -0.15) is 5.26 Å². The lowest BCUT2D eigenvalue weighted by Gasteiger charge is -2.26. The van der Waals surface area contributed by atoms with E-state index >= 15 is 0 Å². The topological polar surface area (TPSA) is 27.0 Å². The lowest BCUT2D eigenvalue weighted by Crippen LogP contribution is -2.30. The van der Waals surface area contributed by atoms with Crippen molar-refractivity contribution < 1.29 is 4.39 Å². The highest BCUT2D eigenvalue weighted by atomic mass is 35.5. The van der Waals surface area contributed by atoms with Crippen molar-refractivity contribution in [3.63, 3.8) is 0 Å². The zero-order valence-electron chi connectivity index (χ0n) is 9.59. The van der Waals surface area contributed by atoms with Gasteiger partial charge >= 0.3 is 0 Å². The summed E-state index contributed by atoms with van der Waals surface area (Å²) in [6, 6.07) is 6.57. The molecule has 0 fully saturated rings. The Bertz CT molecular complexity index is 424. The molecule has 0 spiro atoms. The van der Waals surface area contributed by atoms with Crippen LogP contribution in [0.25, 0.3) is 0 Å². The molecule has 4 heteroatoms. The lowest BCUT2D eigenvalue weighted by molar-refractivity contribution is 0.493. The Labute approximate surface area is 100 Å². The van der Waals surface area contributed by atoms with Gasteiger partial charge in [0.15, 0.2) is 0 Å². The number of anilines is 1. The van der Waals surface area contributed by atoms with Crippen molar-refractivity contribution in [1.82, 2.24) is 0 Å². The van der Waals surface area contributed by atoms with E-state index in [4.69, 9.17) is 16.9 Å². The summed E-state index contributed by atoms with van der Waals surface area (Å²) in [4.78, 5) is 1.70. The third kappa shape index (κ3) is 3.11. The van der Waals surface area contributed by atoms with E-state index in [0.717, 1.165) is 0 Å². The molecule has 1 aromatic rings. The van der Waals surface area contributed by atoms with Crippen LogP contribution in [0.15, 0.2) is 18.2 Å². The van der Waals surface area contributed by atoms with Crippen molar-refractivity contribution in [2.45, 2.75) is 13.8 Å². The van der Waals surface area contributed by atoms with Gasteiger partial charge in [0.2, 0.25) is 0 Å². The van der Waals surface area contributed by atoms with Crippen LogP contribution in [-0.4, -0.2) is 13.6 Å². The summed E-state index contributed by atoms with van der Waals surface area (Å²) in [7, 11) is 1.74. The number of hydrogen-bond acceptors (Lipinski definition) is 2. The van der Waals surface area contributed by atoms with Crippen LogP contribution in [0.3, 0.4) is 0 Å². The molecule has 0 aliphatic carbocycles. The van der Waals surface area contributed by atoms with Gasteiger partial charge in [0.05, 0.1) is 17.2 Å². The fraction of sp³-hybridized carbons (Fsp3) is 0.417. The fourth-order valence-electron chi connectivity index (χ4n) is 1.49. The lowest BCUT2D eigenvalue weighted by atomic mass is 9.95. The molecule has 2 nitrogen and oxygen atoms in total. The van der Waals surface area contributed by atoms with Gasteiger partial charge in [0.25, 0.3) is 0 Å². The molecule has 1 rings (SSSR count). The second kappa shape index (κ2) is 4.71. The van der Waals surface area contributed by atoms with Crippen LogP contribution in [-0.2, 0) is 0 Å². The molecule has 0 atom stereocenters. The summed E-state index contributed by atoms with van der Waals surface area (Å²) in [5.74, 6) is -0.333. The van der Waals surface area contributed by atoms with Gasteiger partial charge in [-0.15, -0.1) is 0 Å². The zero-order chi connectivity index (χ0) is 12.3. The SMILES string of the molecule is CN(CC(C)(C)C#N)c1cc(Cl)ccc1F. The van der Waals surface area contributed by atoms with Crippen LogP contribution in [0.4, 0.5) is 10.1 Å². The molecule has 0 bridgehead atoms. The minimum atomic E-state index is -0.524. The first-order valence-corrected chi connectivity index (χ1v) is 5.31. The first kappa shape index (κ1) is 12.8. The van der Waals surface area contributed by atoms with E-state index in [1.807, 2.05) is 13.8 Å². The molecule has 1 aromatic carbocycles. The van der Waals surface area contributed by atoms with E-state index in [-0.39, 0.29) is 5.82 Å². The summed E-state index contributed by atoms with van der Waals surface area (Å²) < 4.78 is 13.5. The maximum Gasteiger partial charge on any atom is 0.146 e. The number of benzene rings is 1. The molecule has 0 unspecified atom stereocenters. The molecule has 0 aliphatic heterocycles. The summed E-state index contributed by atoms with van der Waals surface area (Å²) in [5.41, 5.74) is -0.111. The summed E-state index contributed by atoms with van der Waals surface area (Å²) in [6.07, 6.45) is 0. The Morgan fingerprint density at radius 1 is 1.50 bits per heavy atom. The second-order valence-electron chi connectivity index (χ2n) is 4.45. The third-order valence-electron chi connectivity index (χ3n) is 2.25. The van der Waals surface area contributed by atoms with Crippen LogP contribution in [0, 0.1) is 22.6 Å². The predicted molar refractivity (Wildman–Crippen MR) is 64.1 cm³/mol. The van der Waals surface area contributed by atoms with Crippen LogP contribution >= 0.6 is 11.6 Å². The molecule has 0 saturated carbocycles. The smallest absolute Gasteiger partial charge is 0.146 e. The van der Waals surface area contributed by atoms with Crippen molar-refractivity contribution in [2.24, 2.45) is 5.41 Å². The van der Waals surface area contributed by atoms with E-state index in [2.05, 4.69) is 6.07 Å². The van der Waals surface area contributed by atoms with Gasteiger partial charge in [-0.25, -0.2) is 4.39 Å². The Hall–Kier alpha value is -1.27. The zero-order valence-corrected chi connectivity index (χ0v) is 10.3. The quantitative estimate of drug-likeness (QED) is 0.809. The number of nitriles is 1. The molecule has 0 aliphatic rings. The fourth-order valence-corrected chi connectivity index (χ4v) is 1.66. The minimum absolute atomic E-state index is 0.333. The predicted octanol–water partition coefficient (Wildman–Crippen LogP) is 3.47. The number of nitrogens with zero attached hydrogens (tertiary/aromatic N) is 2. The van der Waals surface area contributed by atoms with Crippen molar-refractivity contribution in [1.29, 1.82) is 5.26 Å². The molecule has 0 aromatic heterocycles. The molecule has 16 heavy (non-hydrogen) atoms.